The van der Waals surface area contributed by atoms with E-state index in [4.69, 9.17) is 14.2 Å². The van der Waals surface area contributed by atoms with E-state index >= 15 is 0 Å². The zero-order valence-electron chi connectivity index (χ0n) is 18.3. The maximum Gasteiger partial charge on any atom is 0.339 e. The van der Waals surface area contributed by atoms with Crippen molar-refractivity contribution in [3.8, 4) is 11.5 Å². The number of thioether (sulfide) groups is 1. The summed E-state index contributed by atoms with van der Waals surface area (Å²) in [6, 6.07) is 14.2. The lowest BCUT2D eigenvalue weighted by Gasteiger charge is -2.29. The zero-order valence-corrected chi connectivity index (χ0v) is 19.1. The van der Waals surface area contributed by atoms with Gasteiger partial charge in [0.1, 0.15) is 6.61 Å². The van der Waals surface area contributed by atoms with Crippen LogP contribution in [0.2, 0.25) is 0 Å². The van der Waals surface area contributed by atoms with E-state index in [1.165, 1.54) is 21.6 Å². The van der Waals surface area contributed by atoms with E-state index in [1.54, 1.807) is 45.4 Å². The molecule has 3 rings (SSSR count). The minimum Gasteiger partial charge on any atom is -0.486 e. The molecule has 0 saturated carbocycles. The van der Waals surface area contributed by atoms with Crippen molar-refractivity contribution >= 4 is 29.5 Å². The molecule has 0 N–H and O–H groups in total. The van der Waals surface area contributed by atoms with Crippen LogP contribution in [0, 0.1) is 0 Å². The van der Waals surface area contributed by atoms with Gasteiger partial charge >= 0.3 is 5.97 Å². The average Bonchev–Trinajstić information content (AvgIpc) is 2.80. The summed E-state index contributed by atoms with van der Waals surface area (Å²) in [5.41, 5.74) is 0.320. The highest BCUT2D eigenvalue weighted by atomic mass is 32.2. The number of hydrogen-bond acceptors (Lipinski definition) is 7. The Labute approximate surface area is 191 Å². The maximum absolute atomic E-state index is 12.6. The van der Waals surface area contributed by atoms with Gasteiger partial charge in [-0.05, 0) is 24.3 Å². The minimum absolute atomic E-state index is 0.0634. The fourth-order valence-corrected chi connectivity index (χ4v) is 3.92. The van der Waals surface area contributed by atoms with E-state index in [2.05, 4.69) is 0 Å². The van der Waals surface area contributed by atoms with Gasteiger partial charge in [0.2, 0.25) is 5.91 Å². The Morgan fingerprint density at radius 2 is 1.69 bits per heavy atom. The molecule has 0 bridgehead atoms. The van der Waals surface area contributed by atoms with Crippen molar-refractivity contribution in [2.45, 2.75) is 11.0 Å². The van der Waals surface area contributed by atoms with Crippen molar-refractivity contribution < 1.29 is 28.6 Å². The predicted octanol–water partition coefficient (Wildman–Crippen LogP) is 2.32. The van der Waals surface area contributed by atoms with Gasteiger partial charge in [-0.3, -0.25) is 9.59 Å². The van der Waals surface area contributed by atoms with Gasteiger partial charge in [0.25, 0.3) is 5.91 Å². The number of fused-ring (bicyclic) bond motifs is 1. The first-order valence-electron chi connectivity index (χ1n) is 10.1. The number of likely N-dealkylation sites (N-methyl/N-ethyl adjacent to an activating group) is 1. The Morgan fingerprint density at radius 1 is 1.00 bits per heavy atom. The first-order chi connectivity index (χ1) is 15.3. The van der Waals surface area contributed by atoms with Gasteiger partial charge in [0.05, 0.1) is 17.9 Å². The third kappa shape index (κ3) is 6.16. The number of esters is 1. The summed E-state index contributed by atoms with van der Waals surface area (Å²) in [6.45, 7) is 0.226. The normalized spacial score (nSPS) is 14.4. The predicted molar refractivity (Wildman–Crippen MR) is 120 cm³/mol. The Bertz CT molecular complexity index is 980. The molecule has 32 heavy (non-hydrogen) atoms. The van der Waals surface area contributed by atoms with Gasteiger partial charge in [0.15, 0.2) is 24.2 Å². The van der Waals surface area contributed by atoms with Gasteiger partial charge in [0, 0.05) is 26.0 Å². The van der Waals surface area contributed by atoms with Gasteiger partial charge in [-0.1, -0.05) is 24.3 Å². The van der Waals surface area contributed by atoms with Crippen LogP contribution < -0.4 is 9.47 Å². The topological polar surface area (TPSA) is 85.4 Å². The summed E-state index contributed by atoms with van der Waals surface area (Å²) < 4.78 is 16.8. The fourth-order valence-electron chi connectivity index (χ4n) is 2.91. The quantitative estimate of drug-likeness (QED) is 0.443. The lowest BCUT2D eigenvalue weighted by atomic mass is 10.2. The van der Waals surface area contributed by atoms with E-state index in [0.717, 1.165) is 0 Å². The van der Waals surface area contributed by atoms with Crippen LogP contribution in [0.15, 0.2) is 53.4 Å². The molecule has 1 aliphatic heterocycles. The van der Waals surface area contributed by atoms with Crippen LogP contribution in [0.1, 0.15) is 10.4 Å². The number of benzene rings is 2. The molecular formula is C23H26N2O6S. The van der Waals surface area contributed by atoms with Gasteiger partial charge < -0.3 is 24.0 Å². The van der Waals surface area contributed by atoms with Crippen molar-refractivity contribution in [1.29, 1.82) is 0 Å². The van der Waals surface area contributed by atoms with Crippen LogP contribution in [0.25, 0.3) is 0 Å². The van der Waals surface area contributed by atoms with Crippen LogP contribution in [-0.4, -0.2) is 80.3 Å². The smallest absolute Gasteiger partial charge is 0.339 e. The molecule has 2 aromatic carbocycles. The molecule has 0 aliphatic carbocycles. The van der Waals surface area contributed by atoms with Crippen molar-refractivity contribution in [1.82, 2.24) is 9.80 Å². The van der Waals surface area contributed by atoms with Crippen LogP contribution >= 0.6 is 11.8 Å². The number of ether oxygens (including phenoxy) is 3. The summed E-state index contributed by atoms with van der Waals surface area (Å²) in [6.07, 6.45) is -0.319. The second kappa shape index (κ2) is 10.9. The first-order valence-corrected chi connectivity index (χ1v) is 11.0. The average molecular weight is 459 g/mol. The standard InChI is InChI=1S/C23H26N2O6S/c1-24(2)22(27)15-32-20-11-7-4-8-17(20)23(28)30-14-21(26)25(3)12-16-13-29-18-9-5-6-10-19(18)31-16/h4-11,16H,12-15H2,1-3H3. The van der Waals surface area contributed by atoms with Gasteiger partial charge in [-0.25, -0.2) is 4.79 Å². The molecule has 1 unspecified atom stereocenters. The number of para-hydroxylation sites is 2. The highest BCUT2D eigenvalue weighted by molar-refractivity contribution is 8.00. The van der Waals surface area contributed by atoms with Gasteiger partial charge in [-0.2, -0.15) is 0 Å². The SMILES string of the molecule is CN(C)C(=O)CSc1ccccc1C(=O)OCC(=O)N(C)CC1COc2ccccc2O1. The number of carbonyl (C=O) groups excluding carboxylic acids is 3. The summed E-state index contributed by atoms with van der Waals surface area (Å²) in [5.74, 6) is 0.484. The highest BCUT2D eigenvalue weighted by Gasteiger charge is 2.24. The molecule has 1 heterocycles. The molecule has 1 aliphatic rings. The molecule has 0 radical (unpaired) electrons. The van der Waals surface area contributed by atoms with E-state index in [9.17, 15) is 14.4 Å². The van der Waals surface area contributed by atoms with Crippen molar-refractivity contribution in [2.24, 2.45) is 0 Å². The second-order valence-electron chi connectivity index (χ2n) is 7.42. The van der Waals surface area contributed by atoms with Crippen molar-refractivity contribution in [3.05, 3.63) is 54.1 Å². The first kappa shape index (κ1) is 23.5. The highest BCUT2D eigenvalue weighted by Crippen LogP contribution is 2.31. The largest absolute Gasteiger partial charge is 0.486 e. The second-order valence-corrected chi connectivity index (χ2v) is 8.44. The molecule has 2 amide bonds. The van der Waals surface area contributed by atoms with Crippen molar-refractivity contribution in [3.63, 3.8) is 0 Å². The van der Waals surface area contributed by atoms with E-state index in [1.807, 2.05) is 24.3 Å². The van der Waals surface area contributed by atoms with Gasteiger partial charge in [-0.15, -0.1) is 11.8 Å². The minimum atomic E-state index is -0.613. The number of nitrogens with zero attached hydrogens (tertiary/aromatic N) is 2. The molecule has 0 aromatic heterocycles. The molecule has 170 valence electrons. The molecule has 1 atom stereocenters. The Balaban J connectivity index is 1.50. The van der Waals surface area contributed by atoms with Crippen LogP contribution in [0.3, 0.4) is 0 Å². The van der Waals surface area contributed by atoms with E-state index in [0.29, 0.717) is 35.1 Å². The number of amides is 2. The molecule has 0 fully saturated rings. The summed E-state index contributed by atoms with van der Waals surface area (Å²) in [7, 11) is 4.97. The summed E-state index contributed by atoms with van der Waals surface area (Å²) in [4.78, 5) is 40.4. The van der Waals surface area contributed by atoms with E-state index in [-0.39, 0.29) is 23.7 Å². The molecular weight excluding hydrogens is 432 g/mol. The number of rotatable bonds is 8. The summed E-state index contributed by atoms with van der Waals surface area (Å²) in [5, 5.41) is 0. The third-order valence-corrected chi connectivity index (χ3v) is 5.81. The molecule has 8 nitrogen and oxygen atoms in total. The van der Waals surface area contributed by atoms with Crippen LogP contribution in [0.4, 0.5) is 0 Å². The fraction of sp³-hybridized carbons (Fsp3) is 0.348. The van der Waals surface area contributed by atoms with Crippen LogP contribution in [0.5, 0.6) is 11.5 Å². The van der Waals surface area contributed by atoms with Crippen molar-refractivity contribution in [2.75, 3.05) is 46.7 Å². The number of carbonyl (C=O) groups is 3. The molecule has 0 spiro atoms. The Kier molecular flexibility index (Phi) is 7.99. The maximum atomic E-state index is 12.6. The third-order valence-electron chi connectivity index (χ3n) is 4.75. The molecule has 9 heteroatoms. The zero-order chi connectivity index (χ0) is 23.1. The molecule has 2 aromatic rings. The molecule has 0 saturated heterocycles. The monoisotopic (exact) mass is 458 g/mol. The Morgan fingerprint density at radius 3 is 2.44 bits per heavy atom. The Hall–Kier alpha value is -3.20. The summed E-state index contributed by atoms with van der Waals surface area (Å²) >= 11 is 1.25. The lowest BCUT2D eigenvalue weighted by molar-refractivity contribution is -0.134. The van der Waals surface area contributed by atoms with E-state index < -0.39 is 12.6 Å². The lowest BCUT2D eigenvalue weighted by Crippen LogP contribution is -2.43. The van der Waals surface area contributed by atoms with Crippen LogP contribution in [-0.2, 0) is 14.3 Å². The number of hydrogen-bond donors (Lipinski definition) is 0.